The first-order chi connectivity index (χ1) is 7.36. The first-order valence-electron chi connectivity index (χ1n) is 5.21. The van der Waals surface area contributed by atoms with Gasteiger partial charge in [-0.3, -0.25) is 9.89 Å². The highest BCUT2D eigenvalue weighted by molar-refractivity contribution is 7.99. The molecule has 82 valence electrons. The normalized spacial score (nSPS) is 17.6. The summed E-state index contributed by atoms with van der Waals surface area (Å²) in [6.45, 7) is 0.796. The van der Waals surface area contributed by atoms with Gasteiger partial charge >= 0.3 is 0 Å². The van der Waals surface area contributed by atoms with Crippen LogP contribution in [-0.2, 0) is 0 Å². The van der Waals surface area contributed by atoms with Crippen molar-refractivity contribution in [3.63, 3.8) is 0 Å². The van der Waals surface area contributed by atoms with E-state index in [-0.39, 0.29) is 5.91 Å². The van der Waals surface area contributed by atoms with E-state index in [1.807, 2.05) is 11.8 Å². The Hall–Kier alpha value is -0.970. The van der Waals surface area contributed by atoms with E-state index in [2.05, 4.69) is 15.5 Å². The zero-order valence-electron chi connectivity index (χ0n) is 8.53. The van der Waals surface area contributed by atoms with E-state index < -0.39 is 0 Å². The molecular weight excluding hydrogens is 210 g/mol. The van der Waals surface area contributed by atoms with Gasteiger partial charge in [0.05, 0.1) is 11.8 Å². The lowest BCUT2D eigenvalue weighted by Crippen LogP contribution is -2.30. The number of hydrogen-bond acceptors (Lipinski definition) is 3. The van der Waals surface area contributed by atoms with Gasteiger partial charge in [-0.25, -0.2) is 0 Å². The summed E-state index contributed by atoms with van der Waals surface area (Å²) in [7, 11) is 0. The van der Waals surface area contributed by atoms with Gasteiger partial charge in [-0.05, 0) is 30.3 Å². The highest BCUT2D eigenvalue weighted by atomic mass is 32.2. The van der Waals surface area contributed by atoms with Gasteiger partial charge in [0, 0.05) is 12.7 Å². The van der Waals surface area contributed by atoms with Crippen molar-refractivity contribution in [2.24, 2.45) is 5.92 Å². The smallest absolute Gasteiger partial charge is 0.254 e. The Labute approximate surface area is 93.2 Å². The molecule has 0 radical (unpaired) electrons. The maximum Gasteiger partial charge on any atom is 0.254 e. The van der Waals surface area contributed by atoms with Crippen LogP contribution in [0.3, 0.4) is 0 Å². The van der Waals surface area contributed by atoms with Gasteiger partial charge in [-0.1, -0.05) is 0 Å². The molecule has 4 nitrogen and oxygen atoms in total. The highest BCUT2D eigenvalue weighted by Crippen LogP contribution is 2.21. The first-order valence-corrected chi connectivity index (χ1v) is 6.36. The molecule has 1 aliphatic rings. The SMILES string of the molecule is O=C(NCC1CCSCC1)c1cn[nH]c1. The molecule has 0 atom stereocenters. The van der Waals surface area contributed by atoms with E-state index in [0.29, 0.717) is 11.5 Å². The number of rotatable bonds is 3. The van der Waals surface area contributed by atoms with Crippen molar-refractivity contribution in [2.45, 2.75) is 12.8 Å². The Morgan fingerprint density at radius 2 is 2.40 bits per heavy atom. The topological polar surface area (TPSA) is 57.8 Å². The lowest BCUT2D eigenvalue weighted by molar-refractivity contribution is 0.0946. The number of H-pyrrole nitrogens is 1. The Kier molecular flexibility index (Phi) is 3.66. The van der Waals surface area contributed by atoms with Crippen LogP contribution in [0.2, 0.25) is 0 Å². The molecule has 1 saturated heterocycles. The molecule has 1 aromatic rings. The molecule has 1 aliphatic heterocycles. The zero-order valence-corrected chi connectivity index (χ0v) is 9.35. The molecule has 1 amide bonds. The molecule has 0 unspecified atom stereocenters. The van der Waals surface area contributed by atoms with Crippen LogP contribution < -0.4 is 5.32 Å². The van der Waals surface area contributed by atoms with Crippen molar-refractivity contribution in [1.29, 1.82) is 0 Å². The molecule has 5 heteroatoms. The van der Waals surface area contributed by atoms with Gasteiger partial charge in [0.1, 0.15) is 0 Å². The van der Waals surface area contributed by atoms with Crippen LogP contribution in [0.15, 0.2) is 12.4 Å². The van der Waals surface area contributed by atoms with E-state index in [1.165, 1.54) is 24.3 Å². The molecule has 2 rings (SSSR count). The Balaban J connectivity index is 1.75. The number of nitrogens with one attached hydrogen (secondary N) is 2. The maximum absolute atomic E-state index is 11.6. The second kappa shape index (κ2) is 5.21. The Morgan fingerprint density at radius 1 is 1.60 bits per heavy atom. The Bertz CT molecular complexity index is 306. The lowest BCUT2D eigenvalue weighted by Gasteiger charge is -2.21. The van der Waals surface area contributed by atoms with E-state index in [0.717, 1.165) is 6.54 Å². The standard InChI is InChI=1S/C10H15N3OS/c14-10(9-6-12-13-7-9)11-5-8-1-3-15-4-2-8/h6-8H,1-5H2,(H,11,14)(H,12,13). The lowest BCUT2D eigenvalue weighted by atomic mass is 10.0. The summed E-state index contributed by atoms with van der Waals surface area (Å²) in [6, 6.07) is 0. The van der Waals surface area contributed by atoms with Crippen molar-refractivity contribution < 1.29 is 4.79 Å². The fraction of sp³-hybridized carbons (Fsp3) is 0.600. The second-order valence-electron chi connectivity index (χ2n) is 3.75. The van der Waals surface area contributed by atoms with E-state index in [1.54, 1.807) is 12.4 Å². The molecule has 2 N–H and O–H groups in total. The Morgan fingerprint density at radius 3 is 3.07 bits per heavy atom. The summed E-state index contributed by atoms with van der Waals surface area (Å²) in [5.41, 5.74) is 0.611. The van der Waals surface area contributed by atoms with Gasteiger partial charge in [0.15, 0.2) is 0 Å². The van der Waals surface area contributed by atoms with Gasteiger partial charge < -0.3 is 5.32 Å². The molecule has 0 bridgehead atoms. The number of thioether (sulfide) groups is 1. The van der Waals surface area contributed by atoms with Crippen molar-refractivity contribution >= 4 is 17.7 Å². The van der Waals surface area contributed by atoms with E-state index in [9.17, 15) is 4.79 Å². The third-order valence-corrected chi connectivity index (χ3v) is 3.70. The van der Waals surface area contributed by atoms with Crippen molar-refractivity contribution in [3.8, 4) is 0 Å². The number of carbonyl (C=O) groups excluding carboxylic acids is 1. The third-order valence-electron chi connectivity index (χ3n) is 2.65. The zero-order chi connectivity index (χ0) is 10.5. The number of nitrogens with zero attached hydrogens (tertiary/aromatic N) is 1. The number of amides is 1. The average molecular weight is 225 g/mol. The van der Waals surface area contributed by atoms with Gasteiger partial charge in [0.25, 0.3) is 5.91 Å². The number of hydrogen-bond donors (Lipinski definition) is 2. The number of aromatic amines is 1. The minimum absolute atomic E-state index is 0.0259. The fourth-order valence-corrected chi connectivity index (χ4v) is 2.87. The maximum atomic E-state index is 11.6. The minimum atomic E-state index is -0.0259. The van der Waals surface area contributed by atoms with Crippen LogP contribution in [0.25, 0.3) is 0 Å². The van der Waals surface area contributed by atoms with Crippen molar-refractivity contribution in [2.75, 3.05) is 18.1 Å². The van der Waals surface area contributed by atoms with Crippen molar-refractivity contribution in [3.05, 3.63) is 18.0 Å². The number of aromatic nitrogens is 2. The summed E-state index contributed by atoms with van der Waals surface area (Å²) < 4.78 is 0. The quantitative estimate of drug-likeness (QED) is 0.814. The summed E-state index contributed by atoms with van der Waals surface area (Å²) in [5, 5.41) is 9.33. The summed E-state index contributed by atoms with van der Waals surface area (Å²) in [4.78, 5) is 11.6. The van der Waals surface area contributed by atoms with Gasteiger partial charge in [-0.2, -0.15) is 16.9 Å². The molecule has 0 spiro atoms. The average Bonchev–Trinajstić information content (AvgIpc) is 2.81. The molecule has 0 saturated carbocycles. The largest absolute Gasteiger partial charge is 0.352 e. The second-order valence-corrected chi connectivity index (χ2v) is 4.98. The van der Waals surface area contributed by atoms with Crippen LogP contribution in [0.4, 0.5) is 0 Å². The summed E-state index contributed by atoms with van der Waals surface area (Å²) in [6.07, 6.45) is 5.60. The van der Waals surface area contributed by atoms with Crippen LogP contribution >= 0.6 is 11.8 Å². The summed E-state index contributed by atoms with van der Waals surface area (Å²) in [5.74, 6) is 3.09. The molecule has 15 heavy (non-hydrogen) atoms. The minimum Gasteiger partial charge on any atom is -0.352 e. The third kappa shape index (κ3) is 2.99. The molecule has 0 aliphatic carbocycles. The van der Waals surface area contributed by atoms with Crippen LogP contribution in [0.1, 0.15) is 23.2 Å². The molecule has 1 fully saturated rings. The van der Waals surface area contributed by atoms with E-state index in [4.69, 9.17) is 0 Å². The molecule has 0 aromatic carbocycles. The fourth-order valence-electron chi connectivity index (χ4n) is 1.66. The molecular formula is C10H15N3OS. The van der Waals surface area contributed by atoms with Gasteiger partial charge in [0.2, 0.25) is 0 Å². The summed E-state index contributed by atoms with van der Waals surface area (Å²) >= 11 is 2.00. The first kappa shape index (κ1) is 10.5. The van der Waals surface area contributed by atoms with E-state index >= 15 is 0 Å². The van der Waals surface area contributed by atoms with Crippen LogP contribution in [0, 0.1) is 5.92 Å². The van der Waals surface area contributed by atoms with Crippen LogP contribution in [-0.4, -0.2) is 34.2 Å². The highest BCUT2D eigenvalue weighted by Gasteiger charge is 2.15. The predicted molar refractivity (Wildman–Crippen MR) is 61.0 cm³/mol. The van der Waals surface area contributed by atoms with Crippen molar-refractivity contribution in [1.82, 2.24) is 15.5 Å². The van der Waals surface area contributed by atoms with Gasteiger partial charge in [-0.15, -0.1) is 0 Å². The number of carbonyl (C=O) groups is 1. The predicted octanol–water partition coefficient (Wildman–Crippen LogP) is 1.28. The monoisotopic (exact) mass is 225 g/mol. The molecule has 2 heterocycles. The van der Waals surface area contributed by atoms with Crippen LogP contribution in [0.5, 0.6) is 0 Å². The molecule has 1 aromatic heterocycles.